The Labute approximate surface area is 185 Å². The van der Waals surface area contributed by atoms with Gasteiger partial charge in [0.25, 0.3) is 5.91 Å². The van der Waals surface area contributed by atoms with Crippen LogP contribution in [0.1, 0.15) is 22.8 Å². The van der Waals surface area contributed by atoms with E-state index in [1.807, 2.05) is 6.92 Å². The van der Waals surface area contributed by atoms with Gasteiger partial charge < -0.3 is 16.0 Å². The number of carbonyl (C=O) groups excluding carboxylic acids is 1. The summed E-state index contributed by atoms with van der Waals surface area (Å²) in [7, 11) is 0. The third-order valence-electron chi connectivity index (χ3n) is 3.58. The van der Waals surface area contributed by atoms with Crippen LogP contribution in [0, 0.1) is 11.6 Å². The van der Waals surface area contributed by atoms with Gasteiger partial charge >= 0.3 is 0 Å². The molecule has 3 N–H and O–H groups in total. The first-order valence-electron chi connectivity index (χ1n) is 8.50. The smallest absolute Gasteiger partial charge is 0.252 e. The molecular weight excluding hydrogens is 501 g/mol. The first-order valence-corrected chi connectivity index (χ1v) is 8.88. The lowest BCUT2D eigenvalue weighted by Gasteiger charge is -2.12. The third kappa shape index (κ3) is 7.59. The highest BCUT2D eigenvalue weighted by Gasteiger charge is 2.08. The second kappa shape index (κ2) is 12.5. The van der Waals surface area contributed by atoms with Crippen LogP contribution in [0.3, 0.4) is 0 Å². The molecule has 0 aliphatic heterocycles. The number of guanidine groups is 1. The molecule has 28 heavy (non-hydrogen) atoms. The van der Waals surface area contributed by atoms with Gasteiger partial charge in [-0.05, 0) is 37.3 Å². The Bertz CT molecular complexity index is 820. The quantitative estimate of drug-likeness (QED) is 0.225. The highest BCUT2D eigenvalue weighted by Crippen LogP contribution is 2.14. The number of carbonyl (C=O) groups is 1. The monoisotopic (exact) mass is 522 g/mol. The molecule has 2 rings (SSSR count). The fourth-order valence-electron chi connectivity index (χ4n) is 2.27. The van der Waals surface area contributed by atoms with E-state index < -0.39 is 11.6 Å². The molecule has 152 valence electrons. The van der Waals surface area contributed by atoms with Gasteiger partial charge in [-0.15, -0.1) is 24.0 Å². The van der Waals surface area contributed by atoms with E-state index in [2.05, 4.69) is 20.9 Å². The molecule has 2 aromatic rings. The summed E-state index contributed by atoms with van der Waals surface area (Å²) < 4.78 is 26.9. The summed E-state index contributed by atoms with van der Waals surface area (Å²) in [5, 5.41) is 9.16. The average Bonchev–Trinajstić information content (AvgIpc) is 2.65. The van der Waals surface area contributed by atoms with Crippen molar-refractivity contribution in [3.8, 4) is 0 Å². The van der Waals surface area contributed by atoms with Gasteiger partial charge in [-0.3, -0.25) is 4.79 Å². The van der Waals surface area contributed by atoms with Crippen molar-refractivity contribution in [1.29, 1.82) is 0 Å². The summed E-state index contributed by atoms with van der Waals surface area (Å²) >= 11 is 5.98. The maximum absolute atomic E-state index is 13.7. The van der Waals surface area contributed by atoms with Crippen LogP contribution in [0.15, 0.2) is 47.5 Å². The maximum atomic E-state index is 13.7. The van der Waals surface area contributed by atoms with Gasteiger partial charge in [0.15, 0.2) is 5.96 Å². The molecule has 0 bridgehead atoms. The lowest BCUT2D eigenvalue weighted by atomic mass is 10.2. The van der Waals surface area contributed by atoms with Crippen molar-refractivity contribution in [2.24, 2.45) is 4.99 Å². The van der Waals surface area contributed by atoms with Crippen molar-refractivity contribution < 1.29 is 13.6 Å². The SMILES string of the molecule is CCNC(=NCc1cc(F)ccc1F)NCCNC(=O)c1ccccc1Cl.I. The molecule has 2 aromatic carbocycles. The van der Waals surface area contributed by atoms with Gasteiger partial charge in [0.1, 0.15) is 11.6 Å². The molecule has 0 aromatic heterocycles. The van der Waals surface area contributed by atoms with Gasteiger partial charge in [0.05, 0.1) is 17.1 Å². The van der Waals surface area contributed by atoms with Crippen LogP contribution >= 0.6 is 35.6 Å². The minimum Gasteiger partial charge on any atom is -0.357 e. The molecule has 0 aliphatic rings. The highest BCUT2D eigenvalue weighted by molar-refractivity contribution is 14.0. The molecule has 0 spiro atoms. The van der Waals surface area contributed by atoms with E-state index in [9.17, 15) is 13.6 Å². The minimum atomic E-state index is -0.512. The Kier molecular flexibility index (Phi) is 10.8. The summed E-state index contributed by atoms with van der Waals surface area (Å²) in [6, 6.07) is 10.0. The lowest BCUT2D eigenvalue weighted by molar-refractivity contribution is 0.0954. The number of benzene rings is 2. The molecule has 0 aliphatic carbocycles. The first kappa shape index (κ1) is 24.1. The van der Waals surface area contributed by atoms with Crippen molar-refractivity contribution in [2.45, 2.75) is 13.5 Å². The van der Waals surface area contributed by atoms with Crippen LogP contribution in [0.25, 0.3) is 0 Å². The van der Waals surface area contributed by atoms with Crippen LogP contribution in [-0.2, 0) is 6.54 Å². The number of hydrogen-bond donors (Lipinski definition) is 3. The van der Waals surface area contributed by atoms with E-state index in [-0.39, 0.29) is 42.0 Å². The van der Waals surface area contributed by atoms with E-state index in [0.29, 0.717) is 36.2 Å². The molecule has 9 heteroatoms. The fraction of sp³-hybridized carbons (Fsp3) is 0.263. The highest BCUT2D eigenvalue weighted by atomic mass is 127. The number of halogens is 4. The Balaban J connectivity index is 0.00000392. The number of amides is 1. The molecule has 0 radical (unpaired) electrons. The van der Waals surface area contributed by atoms with Crippen LogP contribution in [0.2, 0.25) is 5.02 Å². The van der Waals surface area contributed by atoms with Crippen molar-refractivity contribution >= 4 is 47.4 Å². The third-order valence-corrected chi connectivity index (χ3v) is 3.91. The summed E-state index contributed by atoms with van der Waals surface area (Å²) in [6.07, 6.45) is 0. The average molecular weight is 523 g/mol. The first-order chi connectivity index (χ1) is 13.0. The molecule has 0 unspecified atom stereocenters. The van der Waals surface area contributed by atoms with E-state index in [1.165, 1.54) is 0 Å². The van der Waals surface area contributed by atoms with Crippen molar-refractivity contribution in [3.05, 3.63) is 70.2 Å². The molecule has 1 amide bonds. The number of aliphatic imine (C=N–C) groups is 1. The van der Waals surface area contributed by atoms with Gasteiger partial charge in [-0.2, -0.15) is 0 Å². The molecule has 0 atom stereocenters. The molecule has 5 nitrogen and oxygen atoms in total. The number of nitrogens with one attached hydrogen (secondary N) is 3. The zero-order chi connectivity index (χ0) is 19.6. The maximum Gasteiger partial charge on any atom is 0.252 e. The largest absolute Gasteiger partial charge is 0.357 e. The zero-order valence-corrected chi connectivity index (χ0v) is 18.4. The molecule has 0 saturated carbocycles. The summed E-state index contributed by atoms with van der Waals surface area (Å²) in [6.45, 7) is 3.21. The molecule has 0 saturated heterocycles. The Hall–Kier alpha value is -1.94. The van der Waals surface area contributed by atoms with Crippen LogP contribution in [-0.4, -0.2) is 31.5 Å². The molecule has 0 heterocycles. The minimum absolute atomic E-state index is 0. The van der Waals surface area contributed by atoms with E-state index in [0.717, 1.165) is 18.2 Å². The van der Waals surface area contributed by atoms with Crippen LogP contribution in [0.4, 0.5) is 8.78 Å². The Morgan fingerprint density at radius 3 is 2.50 bits per heavy atom. The van der Waals surface area contributed by atoms with Crippen molar-refractivity contribution in [1.82, 2.24) is 16.0 Å². The fourth-order valence-corrected chi connectivity index (χ4v) is 2.49. The summed E-state index contributed by atoms with van der Waals surface area (Å²) in [5.74, 6) is -0.857. The lowest BCUT2D eigenvalue weighted by Crippen LogP contribution is -2.41. The second-order valence-corrected chi connectivity index (χ2v) is 6.00. The normalized spacial score (nSPS) is 10.8. The van der Waals surface area contributed by atoms with Gasteiger partial charge in [0.2, 0.25) is 0 Å². The van der Waals surface area contributed by atoms with Gasteiger partial charge in [0, 0.05) is 25.2 Å². The van der Waals surface area contributed by atoms with Crippen molar-refractivity contribution in [3.63, 3.8) is 0 Å². The van der Waals surface area contributed by atoms with Gasteiger partial charge in [-0.1, -0.05) is 23.7 Å². The van der Waals surface area contributed by atoms with Crippen LogP contribution in [0.5, 0.6) is 0 Å². The topological polar surface area (TPSA) is 65.5 Å². The van der Waals surface area contributed by atoms with E-state index in [1.54, 1.807) is 24.3 Å². The number of rotatable bonds is 7. The second-order valence-electron chi connectivity index (χ2n) is 5.59. The Morgan fingerprint density at radius 1 is 1.07 bits per heavy atom. The predicted molar refractivity (Wildman–Crippen MR) is 118 cm³/mol. The zero-order valence-electron chi connectivity index (χ0n) is 15.3. The number of nitrogens with zero attached hydrogens (tertiary/aromatic N) is 1. The molecule has 0 fully saturated rings. The standard InChI is InChI=1S/C19H21ClF2N4O.HI/c1-2-23-19(26-12-13-11-14(21)7-8-17(13)22)25-10-9-24-18(27)15-5-3-4-6-16(15)20;/h3-8,11H,2,9-10,12H2,1H3,(H,24,27)(H2,23,25,26);1H. The number of hydrogen-bond acceptors (Lipinski definition) is 2. The van der Waals surface area contributed by atoms with Crippen molar-refractivity contribution in [2.75, 3.05) is 19.6 Å². The Morgan fingerprint density at radius 2 is 1.79 bits per heavy atom. The van der Waals surface area contributed by atoms with Crippen LogP contribution < -0.4 is 16.0 Å². The van der Waals surface area contributed by atoms with E-state index >= 15 is 0 Å². The molecular formula is C19H22ClF2IN4O. The van der Waals surface area contributed by atoms with Gasteiger partial charge in [-0.25, -0.2) is 13.8 Å². The van der Waals surface area contributed by atoms with E-state index in [4.69, 9.17) is 11.6 Å². The predicted octanol–water partition coefficient (Wildman–Crippen LogP) is 3.72. The summed E-state index contributed by atoms with van der Waals surface area (Å²) in [5.41, 5.74) is 0.570. The summed E-state index contributed by atoms with van der Waals surface area (Å²) in [4.78, 5) is 16.3.